The molecule has 0 fully saturated rings. The number of hydrogen-bond donors (Lipinski definition) is 0. The molecule has 0 amide bonds. The maximum atomic E-state index is 13.3. The van der Waals surface area contributed by atoms with Gasteiger partial charge in [0.1, 0.15) is 5.82 Å². The lowest BCUT2D eigenvalue weighted by atomic mass is 10.1. The standard InChI is InChI=1S/C12H9FO3/c1-15-12(14)10-4-9(5-11(13)6-10)8-2-3-16-7-8/h2-7H,1H3. The number of carbonyl (C=O) groups excluding carboxylic acids is 1. The highest BCUT2D eigenvalue weighted by molar-refractivity contribution is 5.90. The normalized spacial score (nSPS) is 10.1. The summed E-state index contributed by atoms with van der Waals surface area (Å²) in [6.07, 6.45) is 2.97. The summed E-state index contributed by atoms with van der Waals surface area (Å²) < 4.78 is 22.7. The summed E-state index contributed by atoms with van der Waals surface area (Å²) >= 11 is 0. The van der Waals surface area contributed by atoms with Crippen LogP contribution < -0.4 is 0 Å². The monoisotopic (exact) mass is 220 g/mol. The lowest BCUT2D eigenvalue weighted by Crippen LogP contribution is -2.01. The van der Waals surface area contributed by atoms with Crippen LogP contribution >= 0.6 is 0 Å². The van der Waals surface area contributed by atoms with Crippen LogP contribution in [0.25, 0.3) is 11.1 Å². The molecule has 2 rings (SSSR count). The highest BCUT2D eigenvalue weighted by Crippen LogP contribution is 2.22. The molecule has 0 bridgehead atoms. The van der Waals surface area contributed by atoms with Crippen molar-refractivity contribution in [3.8, 4) is 11.1 Å². The summed E-state index contributed by atoms with van der Waals surface area (Å²) in [5.41, 5.74) is 1.47. The second-order valence-corrected chi connectivity index (χ2v) is 3.23. The Bertz CT molecular complexity index is 503. The number of rotatable bonds is 2. The number of hydrogen-bond acceptors (Lipinski definition) is 3. The van der Waals surface area contributed by atoms with Gasteiger partial charge in [-0.2, -0.15) is 0 Å². The van der Waals surface area contributed by atoms with Gasteiger partial charge in [-0.25, -0.2) is 9.18 Å². The van der Waals surface area contributed by atoms with Crippen molar-refractivity contribution in [3.63, 3.8) is 0 Å². The van der Waals surface area contributed by atoms with Gasteiger partial charge in [-0.1, -0.05) is 0 Å². The first kappa shape index (κ1) is 10.4. The quantitative estimate of drug-likeness (QED) is 0.730. The summed E-state index contributed by atoms with van der Waals surface area (Å²) in [7, 11) is 1.25. The summed E-state index contributed by atoms with van der Waals surface area (Å²) in [6.45, 7) is 0. The minimum Gasteiger partial charge on any atom is -0.472 e. The third-order valence-corrected chi connectivity index (χ3v) is 2.17. The van der Waals surface area contributed by atoms with Gasteiger partial charge in [0.15, 0.2) is 0 Å². The molecule has 4 heteroatoms. The van der Waals surface area contributed by atoms with Gasteiger partial charge in [0.05, 0.1) is 25.2 Å². The minimum absolute atomic E-state index is 0.179. The highest BCUT2D eigenvalue weighted by atomic mass is 19.1. The number of carbonyl (C=O) groups is 1. The molecule has 0 saturated heterocycles. The average molecular weight is 220 g/mol. The van der Waals surface area contributed by atoms with Crippen LogP contribution in [0.4, 0.5) is 4.39 Å². The van der Waals surface area contributed by atoms with Gasteiger partial charge in [-0.15, -0.1) is 0 Å². The van der Waals surface area contributed by atoms with E-state index in [1.54, 1.807) is 12.1 Å². The van der Waals surface area contributed by atoms with Gasteiger partial charge in [0, 0.05) is 5.56 Å². The molecule has 0 N–H and O–H groups in total. The van der Waals surface area contributed by atoms with Crippen LogP contribution in [-0.2, 0) is 4.74 Å². The summed E-state index contributed by atoms with van der Waals surface area (Å²) in [4.78, 5) is 11.3. The molecule has 0 spiro atoms. The van der Waals surface area contributed by atoms with E-state index in [0.29, 0.717) is 11.1 Å². The Balaban J connectivity index is 2.48. The van der Waals surface area contributed by atoms with Gasteiger partial charge in [0.25, 0.3) is 0 Å². The zero-order valence-corrected chi connectivity index (χ0v) is 8.57. The molecule has 1 aromatic heterocycles. The van der Waals surface area contributed by atoms with Gasteiger partial charge >= 0.3 is 5.97 Å². The van der Waals surface area contributed by atoms with Crippen molar-refractivity contribution in [3.05, 3.63) is 48.2 Å². The number of benzene rings is 1. The second-order valence-electron chi connectivity index (χ2n) is 3.23. The van der Waals surface area contributed by atoms with Crippen LogP contribution in [0.1, 0.15) is 10.4 Å². The van der Waals surface area contributed by atoms with Crippen LogP contribution in [0.15, 0.2) is 41.2 Å². The zero-order valence-electron chi connectivity index (χ0n) is 8.57. The smallest absolute Gasteiger partial charge is 0.337 e. The molecule has 0 atom stereocenters. The lowest BCUT2D eigenvalue weighted by molar-refractivity contribution is 0.0600. The van der Waals surface area contributed by atoms with Gasteiger partial charge in [-0.3, -0.25) is 0 Å². The Labute approximate surface area is 91.5 Å². The number of esters is 1. The number of methoxy groups -OCH3 is 1. The predicted molar refractivity (Wildman–Crippen MR) is 55.4 cm³/mol. The van der Waals surface area contributed by atoms with Crippen LogP contribution in [-0.4, -0.2) is 13.1 Å². The fraction of sp³-hybridized carbons (Fsp3) is 0.0833. The molecule has 0 unspecified atom stereocenters. The molecule has 2 aromatic rings. The maximum Gasteiger partial charge on any atom is 0.337 e. The van der Waals surface area contributed by atoms with E-state index < -0.39 is 11.8 Å². The molecular formula is C12H9FO3. The number of ether oxygens (including phenoxy) is 1. The zero-order chi connectivity index (χ0) is 11.5. The van der Waals surface area contributed by atoms with E-state index in [1.807, 2.05) is 0 Å². The van der Waals surface area contributed by atoms with Gasteiger partial charge in [-0.05, 0) is 29.8 Å². The van der Waals surface area contributed by atoms with Crippen molar-refractivity contribution in [2.75, 3.05) is 7.11 Å². The number of furan rings is 1. The molecule has 3 nitrogen and oxygen atoms in total. The van der Waals surface area contributed by atoms with E-state index in [1.165, 1.54) is 25.7 Å². The fourth-order valence-electron chi connectivity index (χ4n) is 1.42. The molecular weight excluding hydrogens is 211 g/mol. The van der Waals surface area contributed by atoms with E-state index in [2.05, 4.69) is 4.74 Å². The van der Waals surface area contributed by atoms with E-state index in [0.717, 1.165) is 6.07 Å². The highest BCUT2D eigenvalue weighted by Gasteiger charge is 2.10. The van der Waals surface area contributed by atoms with Crippen molar-refractivity contribution >= 4 is 5.97 Å². The van der Waals surface area contributed by atoms with Crippen LogP contribution in [0.3, 0.4) is 0 Å². The molecule has 1 heterocycles. The summed E-state index contributed by atoms with van der Waals surface area (Å²) in [5, 5.41) is 0. The Morgan fingerprint density at radius 3 is 2.75 bits per heavy atom. The van der Waals surface area contributed by atoms with Crippen molar-refractivity contribution in [1.82, 2.24) is 0 Å². The Hall–Kier alpha value is -2.10. The largest absolute Gasteiger partial charge is 0.472 e. The SMILES string of the molecule is COC(=O)c1cc(F)cc(-c2ccoc2)c1. The van der Waals surface area contributed by atoms with Crippen LogP contribution in [0, 0.1) is 5.82 Å². The van der Waals surface area contributed by atoms with E-state index >= 15 is 0 Å². The molecule has 0 radical (unpaired) electrons. The van der Waals surface area contributed by atoms with E-state index in [-0.39, 0.29) is 5.56 Å². The Morgan fingerprint density at radius 1 is 1.31 bits per heavy atom. The molecule has 0 aliphatic heterocycles. The predicted octanol–water partition coefficient (Wildman–Crippen LogP) is 2.87. The third kappa shape index (κ3) is 1.95. The number of halogens is 1. The molecule has 82 valence electrons. The van der Waals surface area contributed by atoms with Crippen LogP contribution in [0.5, 0.6) is 0 Å². The second kappa shape index (κ2) is 4.18. The van der Waals surface area contributed by atoms with E-state index in [9.17, 15) is 9.18 Å². The molecule has 0 aliphatic rings. The van der Waals surface area contributed by atoms with Crippen LogP contribution in [0.2, 0.25) is 0 Å². The van der Waals surface area contributed by atoms with Crippen molar-refractivity contribution < 1.29 is 18.3 Å². The summed E-state index contributed by atoms with van der Waals surface area (Å²) in [5.74, 6) is -1.05. The van der Waals surface area contributed by atoms with Gasteiger partial charge < -0.3 is 9.15 Å². The first-order valence-electron chi connectivity index (χ1n) is 4.62. The Kier molecular flexibility index (Phi) is 2.72. The maximum absolute atomic E-state index is 13.3. The fourth-order valence-corrected chi connectivity index (χ4v) is 1.42. The average Bonchev–Trinajstić information content (AvgIpc) is 2.80. The molecule has 0 aliphatic carbocycles. The van der Waals surface area contributed by atoms with Crippen molar-refractivity contribution in [2.24, 2.45) is 0 Å². The van der Waals surface area contributed by atoms with Crippen molar-refractivity contribution in [1.29, 1.82) is 0 Å². The van der Waals surface area contributed by atoms with Gasteiger partial charge in [0.2, 0.25) is 0 Å². The summed E-state index contributed by atoms with van der Waals surface area (Å²) in [6, 6.07) is 5.71. The first-order chi connectivity index (χ1) is 7.70. The minimum atomic E-state index is -0.566. The molecule has 16 heavy (non-hydrogen) atoms. The first-order valence-corrected chi connectivity index (χ1v) is 4.62. The lowest BCUT2D eigenvalue weighted by Gasteiger charge is -2.02. The molecule has 0 saturated carbocycles. The van der Waals surface area contributed by atoms with Crippen molar-refractivity contribution in [2.45, 2.75) is 0 Å². The van der Waals surface area contributed by atoms with E-state index in [4.69, 9.17) is 4.42 Å². The third-order valence-electron chi connectivity index (χ3n) is 2.17. The molecule has 1 aromatic carbocycles. The Morgan fingerprint density at radius 2 is 2.12 bits per heavy atom. The topological polar surface area (TPSA) is 39.4 Å².